The molecule has 2 heterocycles. The summed E-state index contributed by atoms with van der Waals surface area (Å²) in [6, 6.07) is 0. The molecule has 0 spiro atoms. The molecule has 2 aliphatic rings. The van der Waals surface area contributed by atoms with Crippen molar-refractivity contribution in [2.24, 2.45) is 5.73 Å². The molecule has 0 amide bonds. The molecule has 0 saturated carbocycles. The van der Waals surface area contributed by atoms with Gasteiger partial charge in [-0.15, -0.1) is 0 Å². The fraction of sp³-hybridized carbons (Fsp3) is 1.00. The minimum Gasteiger partial charge on any atom is -0.380 e. The Morgan fingerprint density at radius 3 is 2.94 bits per heavy atom. The van der Waals surface area contributed by atoms with Crippen molar-refractivity contribution in [1.29, 1.82) is 0 Å². The van der Waals surface area contributed by atoms with Crippen LogP contribution in [0.1, 0.15) is 26.2 Å². The number of hydrogen-bond acceptors (Lipinski definition) is 4. The molecule has 2 N–H and O–H groups in total. The Hall–Kier alpha value is -0.160. The van der Waals surface area contributed by atoms with Crippen LogP contribution in [0.25, 0.3) is 0 Å². The smallest absolute Gasteiger partial charge is 0.0593 e. The van der Waals surface area contributed by atoms with E-state index in [1.54, 1.807) is 0 Å². The molecule has 0 aliphatic carbocycles. The van der Waals surface area contributed by atoms with Gasteiger partial charge in [0.1, 0.15) is 0 Å². The quantitative estimate of drug-likeness (QED) is 0.752. The highest BCUT2D eigenvalue weighted by Crippen LogP contribution is 2.30. The van der Waals surface area contributed by atoms with Crippen molar-refractivity contribution in [2.75, 3.05) is 39.5 Å². The van der Waals surface area contributed by atoms with Gasteiger partial charge in [-0.25, -0.2) is 0 Å². The lowest BCUT2D eigenvalue weighted by molar-refractivity contribution is -0.0637. The van der Waals surface area contributed by atoms with Gasteiger partial charge >= 0.3 is 0 Å². The van der Waals surface area contributed by atoms with Gasteiger partial charge in [-0.3, -0.25) is 4.90 Å². The molecule has 2 unspecified atom stereocenters. The van der Waals surface area contributed by atoms with E-state index in [1.165, 1.54) is 0 Å². The lowest BCUT2D eigenvalue weighted by Gasteiger charge is -2.47. The third kappa shape index (κ3) is 2.56. The van der Waals surface area contributed by atoms with Crippen molar-refractivity contribution in [3.63, 3.8) is 0 Å². The van der Waals surface area contributed by atoms with Crippen molar-refractivity contribution in [2.45, 2.75) is 37.8 Å². The van der Waals surface area contributed by atoms with Gasteiger partial charge in [-0.05, 0) is 26.2 Å². The highest BCUT2D eigenvalue weighted by molar-refractivity contribution is 4.96. The van der Waals surface area contributed by atoms with Gasteiger partial charge in [0.05, 0.1) is 12.7 Å². The van der Waals surface area contributed by atoms with Gasteiger partial charge in [0.25, 0.3) is 0 Å². The zero-order valence-corrected chi connectivity index (χ0v) is 10.3. The molecule has 4 heteroatoms. The number of rotatable bonds is 2. The fourth-order valence-electron chi connectivity index (χ4n) is 2.97. The minimum atomic E-state index is 0.158. The van der Waals surface area contributed by atoms with Gasteiger partial charge in [0.15, 0.2) is 0 Å². The summed E-state index contributed by atoms with van der Waals surface area (Å²) in [6.45, 7) is 7.60. The third-order valence-electron chi connectivity index (χ3n) is 3.91. The predicted octanol–water partition coefficient (Wildman–Crippen LogP) is 0.605. The van der Waals surface area contributed by atoms with E-state index in [1.807, 2.05) is 0 Å². The molecule has 2 rings (SSSR count). The van der Waals surface area contributed by atoms with E-state index in [2.05, 4.69) is 11.8 Å². The average Bonchev–Trinajstić information content (AvgIpc) is 2.57. The highest BCUT2D eigenvalue weighted by atomic mass is 16.5. The third-order valence-corrected chi connectivity index (χ3v) is 3.91. The number of nitrogens with two attached hydrogens (primary N) is 1. The Kier molecular flexibility index (Phi) is 4.19. The van der Waals surface area contributed by atoms with E-state index in [0.717, 1.165) is 58.7 Å². The second kappa shape index (κ2) is 5.45. The fourth-order valence-corrected chi connectivity index (χ4v) is 2.97. The maximum absolute atomic E-state index is 6.04. The van der Waals surface area contributed by atoms with Gasteiger partial charge in [0.2, 0.25) is 0 Å². The maximum Gasteiger partial charge on any atom is 0.0593 e. The molecule has 94 valence electrons. The van der Waals surface area contributed by atoms with Crippen LogP contribution in [-0.2, 0) is 9.47 Å². The van der Waals surface area contributed by atoms with Crippen LogP contribution in [0, 0.1) is 0 Å². The highest BCUT2D eigenvalue weighted by Gasteiger charge is 2.39. The summed E-state index contributed by atoms with van der Waals surface area (Å²) in [6.07, 6.45) is 3.58. The Labute approximate surface area is 98.1 Å². The van der Waals surface area contributed by atoms with Crippen molar-refractivity contribution >= 4 is 0 Å². The van der Waals surface area contributed by atoms with Crippen molar-refractivity contribution < 1.29 is 9.47 Å². The SMILES string of the molecule is CC1CC(CN)(N2CCCOCC2)CCO1. The van der Waals surface area contributed by atoms with E-state index in [4.69, 9.17) is 15.2 Å². The van der Waals surface area contributed by atoms with Gasteiger partial charge in [0, 0.05) is 38.4 Å². The molecular weight excluding hydrogens is 204 g/mol. The first-order valence-electron chi connectivity index (χ1n) is 6.41. The number of nitrogens with zero attached hydrogens (tertiary/aromatic N) is 1. The maximum atomic E-state index is 6.04. The summed E-state index contributed by atoms with van der Waals surface area (Å²) in [5, 5.41) is 0. The molecule has 0 aromatic carbocycles. The van der Waals surface area contributed by atoms with E-state index in [-0.39, 0.29) is 5.54 Å². The summed E-state index contributed by atoms with van der Waals surface area (Å²) < 4.78 is 11.2. The molecule has 2 atom stereocenters. The standard InChI is InChI=1S/C12H24N2O2/c1-11-9-12(10-13,3-7-16-11)14-4-2-6-15-8-5-14/h11H,2-10,13H2,1H3. The van der Waals surface area contributed by atoms with Crippen LogP contribution in [0.5, 0.6) is 0 Å². The van der Waals surface area contributed by atoms with E-state index >= 15 is 0 Å². The van der Waals surface area contributed by atoms with Crippen LogP contribution >= 0.6 is 0 Å². The lowest BCUT2D eigenvalue weighted by Crippen LogP contribution is -2.58. The molecule has 2 fully saturated rings. The molecule has 0 aromatic heterocycles. The summed E-state index contributed by atoms with van der Waals surface area (Å²) >= 11 is 0. The Bertz CT molecular complexity index is 217. The number of ether oxygens (including phenoxy) is 2. The Balaban J connectivity index is 2.05. The zero-order valence-electron chi connectivity index (χ0n) is 10.3. The van der Waals surface area contributed by atoms with Crippen molar-refractivity contribution in [3.05, 3.63) is 0 Å². The number of hydrogen-bond donors (Lipinski definition) is 1. The first-order chi connectivity index (χ1) is 7.77. The Morgan fingerprint density at radius 1 is 1.31 bits per heavy atom. The molecule has 4 nitrogen and oxygen atoms in total. The van der Waals surface area contributed by atoms with E-state index < -0.39 is 0 Å². The molecule has 0 bridgehead atoms. The van der Waals surface area contributed by atoms with Crippen LogP contribution in [0.15, 0.2) is 0 Å². The van der Waals surface area contributed by atoms with Crippen LogP contribution < -0.4 is 5.73 Å². The van der Waals surface area contributed by atoms with Crippen LogP contribution in [0.4, 0.5) is 0 Å². The molecule has 2 aliphatic heterocycles. The second-order valence-electron chi connectivity index (χ2n) is 5.02. The normalized spacial score (nSPS) is 38.2. The first kappa shape index (κ1) is 12.3. The topological polar surface area (TPSA) is 47.7 Å². The van der Waals surface area contributed by atoms with E-state index in [0.29, 0.717) is 6.10 Å². The van der Waals surface area contributed by atoms with Crippen LogP contribution in [0.3, 0.4) is 0 Å². The summed E-state index contributed by atoms with van der Waals surface area (Å²) in [5.41, 5.74) is 6.20. The lowest BCUT2D eigenvalue weighted by atomic mass is 9.85. The molecule has 0 radical (unpaired) electrons. The molecule has 2 saturated heterocycles. The monoisotopic (exact) mass is 228 g/mol. The van der Waals surface area contributed by atoms with Crippen molar-refractivity contribution in [3.8, 4) is 0 Å². The zero-order chi connectivity index (χ0) is 11.4. The van der Waals surface area contributed by atoms with Gasteiger partial charge in [-0.2, -0.15) is 0 Å². The minimum absolute atomic E-state index is 0.158. The van der Waals surface area contributed by atoms with Crippen molar-refractivity contribution in [1.82, 2.24) is 4.90 Å². The average molecular weight is 228 g/mol. The largest absolute Gasteiger partial charge is 0.380 e. The Morgan fingerprint density at radius 2 is 2.19 bits per heavy atom. The van der Waals surface area contributed by atoms with Crippen LogP contribution in [-0.4, -0.2) is 56.0 Å². The molecule has 0 aromatic rings. The van der Waals surface area contributed by atoms with Gasteiger partial charge < -0.3 is 15.2 Å². The second-order valence-corrected chi connectivity index (χ2v) is 5.02. The summed E-state index contributed by atoms with van der Waals surface area (Å²) in [7, 11) is 0. The van der Waals surface area contributed by atoms with Gasteiger partial charge in [-0.1, -0.05) is 0 Å². The summed E-state index contributed by atoms with van der Waals surface area (Å²) in [4.78, 5) is 2.54. The first-order valence-corrected chi connectivity index (χ1v) is 6.41. The van der Waals surface area contributed by atoms with E-state index in [9.17, 15) is 0 Å². The molecular formula is C12H24N2O2. The van der Waals surface area contributed by atoms with Crippen LogP contribution in [0.2, 0.25) is 0 Å². The summed E-state index contributed by atoms with van der Waals surface area (Å²) in [5.74, 6) is 0. The molecule has 16 heavy (non-hydrogen) atoms. The predicted molar refractivity (Wildman–Crippen MR) is 63.4 cm³/mol.